The first-order valence-electron chi connectivity index (χ1n) is 13.7. The van der Waals surface area contributed by atoms with Gasteiger partial charge in [-0.15, -0.1) is 0 Å². The van der Waals surface area contributed by atoms with Gasteiger partial charge in [-0.2, -0.15) is 0 Å². The number of aliphatic hydroxyl groups excluding tert-OH is 1. The van der Waals surface area contributed by atoms with E-state index in [0.29, 0.717) is 36.8 Å². The van der Waals surface area contributed by atoms with Crippen LogP contribution in [0.2, 0.25) is 0 Å². The lowest BCUT2D eigenvalue weighted by Crippen LogP contribution is -2.50. The molecule has 10 heteroatoms. The van der Waals surface area contributed by atoms with E-state index in [9.17, 15) is 4.79 Å². The number of nitrogens with one attached hydrogen (secondary N) is 1. The van der Waals surface area contributed by atoms with E-state index < -0.39 is 11.6 Å². The Bertz CT molecular complexity index is 1410. The highest BCUT2D eigenvalue weighted by Crippen LogP contribution is 2.45. The van der Waals surface area contributed by atoms with E-state index in [2.05, 4.69) is 38.2 Å². The molecule has 0 aliphatic carbocycles. The Hall–Kier alpha value is -3.85. The minimum Gasteiger partial charge on any atom is -0.494 e. The smallest absolute Gasteiger partial charge is 0.252 e. The number of azide groups is 1. The van der Waals surface area contributed by atoms with E-state index in [0.717, 1.165) is 34.0 Å². The summed E-state index contributed by atoms with van der Waals surface area (Å²) in [7, 11) is 0. The Morgan fingerprint density at radius 1 is 1.12 bits per heavy atom. The van der Waals surface area contributed by atoms with Crippen LogP contribution in [0.3, 0.4) is 0 Å². The van der Waals surface area contributed by atoms with Crippen molar-refractivity contribution < 1.29 is 19.4 Å². The molecule has 214 valence electrons. The highest BCUT2D eigenvalue weighted by molar-refractivity contribution is 9.10. The maximum atomic E-state index is 14.2. The molecule has 2 N–H and O–H groups in total. The number of nitrogens with zero attached hydrogens (tertiary/aromatic N) is 4. The van der Waals surface area contributed by atoms with Crippen LogP contribution in [-0.2, 0) is 22.5 Å². The fraction of sp³-hybridized carbons (Fsp3) is 0.355. The number of benzene rings is 3. The summed E-state index contributed by atoms with van der Waals surface area (Å²) in [6, 6.07) is 22.7. The van der Waals surface area contributed by atoms with Crippen molar-refractivity contribution in [3.63, 3.8) is 0 Å². The van der Waals surface area contributed by atoms with Crippen molar-refractivity contribution in [3.05, 3.63) is 110 Å². The molecule has 0 radical (unpaired) electrons. The Morgan fingerprint density at radius 2 is 1.85 bits per heavy atom. The van der Waals surface area contributed by atoms with Gasteiger partial charge in [0.05, 0.1) is 13.2 Å². The van der Waals surface area contributed by atoms with Gasteiger partial charge < -0.3 is 19.9 Å². The lowest BCUT2D eigenvalue weighted by molar-refractivity contribution is -0.128. The molecule has 3 aromatic carbocycles. The summed E-state index contributed by atoms with van der Waals surface area (Å²) in [5, 5.41) is 15.9. The maximum absolute atomic E-state index is 14.2. The predicted octanol–water partition coefficient (Wildman–Crippen LogP) is 6.44. The van der Waals surface area contributed by atoms with Crippen LogP contribution >= 0.6 is 15.9 Å². The number of hydrogen-bond acceptors (Lipinski definition) is 6. The third kappa shape index (κ3) is 7.27. The Balaban J connectivity index is 1.81. The number of amides is 1. The number of aliphatic hydroxyl groups is 1. The third-order valence-electron chi connectivity index (χ3n) is 6.92. The van der Waals surface area contributed by atoms with Crippen LogP contribution in [0.4, 0.5) is 0 Å². The van der Waals surface area contributed by atoms with Crippen LogP contribution in [-0.4, -0.2) is 42.2 Å². The molecule has 3 aromatic rings. The van der Waals surface area contributed by atoms with Gasteiger partial charge in [-0.25, -0.2) is 4.99 Å². The van der Waals surface area contributed by atoms with E-state index in [4.69, 9.17) is 25.1 Å². The number of unbranched alkanes of at least 4 members (excludes halogenated alkanes) is 1. The van der Waals surface area contributed by atoms with E-state index in [1.54, 1.807) is 0 Å². The summed E-state index contributed by atoms with van der Waals surface area (Å²) >= 11 is 3.67. The molecule has 0 saturated heterocycles. The van der Waals surface area contributed by atoms with Crippen LogP contribution < -0.4 is 10.1 Å². The monoisotopic (exact) mass is 619 g/mol. The van der Waals surface area contributed by atoms with Gasteiger partial charge in [-0.3, -0.25) is 4.79 Å². The molecular formula is C31H34BrN5O4. The average molecular weight is 621 g/mol. The van der Waals surface area contributed by atoms with E-state index in [-0.39, 0.29) is 25.5 Å². The number of hydrogen-bond donors (Lipinski definition) is 2. The van der Waals surface area contributed by atoms with Crippen molar-refractivity contribution in [2.75, 3.05) is 19.8 Å². The fourth-order valence-electron chi connectivity index (χ4n) is 4.76. The summed E-state index contributed by atoms with van der Waals surface area (Å²) in [6.45, 7) is 3.23. The lowest BCUT2D eigenvalue weighted by Gasteiger charge is -2.32. The van der Waals surface area contributed by atoms with E-state index >= 15 is 0 Å². The van der Waals surface area contributed by atoms with Gasteiger partial charge in [0.1, 0.15) is 5.75 Å². The minimum absolute atomic E-state index is 0.0631. The molecule has 0 unspecified atom stereocenters. The number of halogens is 1. The van der Waals surface area contributed by atoms with Crippen molar-refractivity contribution >= 4 is 27.7 Å². The molecule has 0 aromatic heterocycles. The fourth-order valence-corrected chi connectivity index (χ4v) is 5.25. The Kier molecular flexibility index (Phi) is 10.8. The summed E-state index contributed by atoms with van der Waals surface area (Å²) < 4.78 is 13.1. The second-order valence-corrected chi connectivity index (χ2v) is 10.6. The zero-order chi connectivity index (χ0) is 29.1. The largest absolute Gasteiger partial charge is 0.494 e. The molecule has 9 nitrogen and oxygen atoms in total. The van der Waals surface area contributed by atoms with Crippen LogP contribution in [0.25, 0.3) is 10.4 Å². The van der Waals surface area contributed by atoms with Crippen molar-refractivity contribution in [1.29, 1.82) is 0 Å². The number of carbonyl (C=O) groups is 1. The third-order valence-corrected chi connectivity index (χ3v) is 7.64. The second kappa shape index (κ2) is 14.7. The standard InChI is InChI=1S/C31H34BrN5O4/c1-2-3-17-34-30(39)31(20-23-9-4-5-10-24(23)21-35-37-33)28(26-11-6-7-12-27(26)32)41-29(36-31)22-13-15-25(16-14-22)40-19-8-18-38/h4-7,9-16,28,38H,2-3,8,17-21H2,1H3,(H,34,39)/t28-,31-/m1/s1. The van der Waals surface area contributed by atoms with E-state index in [1.807, 2.05) is 72.8 Å². The summed E-state index contributed by atoms with van der Waals surface area (Å²) in [6.07, 6.45) is 1.82. The number of rotatable bonds is 14. The summed E-state index contributed by atoms with van der Waals surface area (Å²) in [4.78, 5) is 22.2. The van der Waals surface area contributed by atoms with Crippen molar-refractivity contribution in [2.24, 2.45) is 10.1 Å². The summed E-state index contributed by atoms with van der Waals surface area (Å²) in [5.41, 5.74) is 10.8. The van der Waals surface area contributed by atoms with Gasteiger partial charge in [-0.1, -0.05) is 76.9 Å². The quantitative estimate of drug-likeness (QED) is 0.0931. The molecular weight excluding hydrogens is 586 g/mol. The summed E-state index contributed by atoms with van der Waals surface area (Å²) in [5.74, 6) is 0.786. The lowest BCUT2D eigenvalue weighted by atomic mass is 9.81. The Morgan fingerprint density at radius 3 is 2.56 bits per heavy atom. The normalized spacial score (nSPS) is 17.7. The van der Waals surface area contributed by atoms with Gasteiger partial charge in [-0.05, 0) is 53.4 Å². The number of carbonyl (C=O) groups excluding carboxylic acids is 1. The van der Waals surface area contributed by atoms with Gasteiger partial charge in [0.15, 0.2) is 11.6 Å². The van der Waals surface area contributed by atoms with Crippen molar-refractivity contribution in [1.82, 2.24) is 5.32 Å². The van der Waals surface area contributed by atoms with Gasteiger partial charge >= 0.3 is 0 Å². The first-order valence-corrected chi connectivity index (χ1v) is 14.5. The number of aliphatic imine (C=N–C) groups is 1. The number of ether oxygens (including phenoxy) is 2. The first kappa shape index (κ1) is 30.1. The minimum atomic E-state index is -1.34. The van der Waals surface area contributed by atoms with Gasteiger partial charge in [0.2, 0.25) is 5.90 Å². The molecule has 1 aliphatic heterocycles. The molecule has 0 spiro atoms. The van der Waals surface area contributed by atoms with Crippen molar-refractivity contribution in [2.45, 2.75) is 50.8 Å². The van der Waals surface area contributed by atoms with Gasteiger partial charge in [0.25, 0.3) is 5.91 Å². The SMILES string of the molecule is CCCCNC(=O)[C@]1(Cc2ccccc2CN=[N+]=[N-])N=C(c2ccc(OCCCO)cc2)O[C@@H]1c1ccccc1Br. The molecule has 4 rings (SSSR count). The molecule has 41 heavy (non-hydrogen) atoms. The van der Waals surface area contributed by atoms with Crippen LogP contribution in [0.1, 0.15) is 54.5 Å². The predicted molar refractivity (Wildman–Crippen MR) is 162 cm³/mol. The molecule has 0 fully saturated rings. The Labute approximate surface area is 248 Å². The molecule has 1 aliphatic rings. The highest BCUT2D eigenvalue weighted by atomic mass is 79.9. The molecule has 1 heterocycles. The van der Waals surface area contributed by atoms with Crippen LogP contribution in [0, 0.1) is 0 Å². The molecule has 0 bridgehead atoms. The van der Waals surface area contributed by atoms with Crippen molar-refractivity contribution in [3.8, 4) is 5.75 Å². The molecule has 0 saturated carbocycles. The first-order chi connectivity index (χ1) is 20.0. The van der Waals surface area contributed by atoms with Crippen LogP contribution in [0.15, 0.2) is 87.4 Å². The van der Waals surface area contributed by atoms with E-state index in [1.165, 1.54) is 0 Å². The molecule has 1 amide bonds. The zero-order valence-corrected chi connectivity index (χ0v) is 24.6. The highest BCUT2D eigenvalue weighted by Gasteiger charge is 2.53. The van der Waals surface area contributed by atoms with Crippen LogP contribution in [0.5, 0.6) is 5.75 Å². The maximum Gasteiger partial charge on any atom is 0.252 e. The van der Waals surface area contributed by atoms with Gasteiger partial charge in [0, 0.05) is 46.5 Å². The average Bonchev–Trinajstić information content (AvgIpc) is 3.37. The zero-order valence-electron chi connectivity index (χ0n) is 23.0. The topological polar surface area (TPSA) is 129 Å². The molecule has 2 atom stereocenters. The second-order valence-electron chi connectivity index (χ2n) is 9.75.